The van der Waals surface area contributed by atoms with Gasteiger partial charge in [-0.15, -0.1) is 0 Å². The molecule has 238 valence electrons. The third-order valence-corrected chi connectivity index (χ3v) is 10.1. The second-order valence-electron chi connectivity index (χ2n) is 12.8. The van der Waals surface area contributed by atoms with Gasteiger partial charge in [-0.25, -0.2) is 0 Å². The van der Waals surface area contributed by atoms with Crippen LogP contribution in [0.15, 0.2) is 30.3 Å². The molecule has 5 atom stereocenters. The molecule has 1 aliphatic rings. The number of nitrogens with two attached hydrogens (primary N) is 1. The van der Waals surface area contributed by atoms with E-state index in [9.17, 15) is 28.9 Å². The fourth-order valence-corrected chi connectivity index (χ4v) is 7.62. The first kappa shape index (κ1) is 35.9. The second kappa shape index (κ2) is 16.6. The quantitative estimate of drug-likeness (QED) is 0.190. The lowest BCUT2D eigenvalue weighted by Crippen LogP contribution is -2.61. The van der Waals surface area contributed by atoms with Crippen molar-refractivity contribution in [3.63, 3.8) is 0 Å². The summed E-state index contributed by atoms with van der Waals surface area (Å²) in [6, 6.07) is 6.06. The Labute approximate surface area is 251 Å². The molecule has 3 amide bonds. The molecule has 0 aliphatic heterocycles. The van der Waals surface area contributed by atoms with E-state index in [1.54, 1.807) is 30.3 Å². The predicted molar refractivity (Wildman–Crippen MR) is 167 cm³/mol. The Bertz CT molecular complexity index is 1060. The average molecular weight is 609 g/mol. The highest BCUT2D eigenvalue weighted by Gasteiger charge is 2.39. The number of hydrogen-bond donors (Lipinski definition) is 5. The first-order valence-corrected chi connectivity index (χ1v) is 17.4. The molecule has 1 aliphatic carbocycles. The van der Waals surface area contributed by atoms with Gasteiger partial charge in [-0.2, -0.15) is 0 Å². The van der Waals surface area contributed by atoms with Crippen molar-refractivity contribution in [3.8, 4) is 0 Å². The van der Waals surface area contributed by atoms with Crippen LogP contribution in [0, 0.1) is 23.7 Å². The highest BCUT2D eigenvalue weighted by molar-refractivity contribution is 7.58. The molecule has 0 radical (unpaired) electrons. The number of anilines is 1. The molecule has 1 aromatic rings. The lowest BCUT2D eigenvalue weighted by molar-refractivity contribution is -0.131. The molecule has 0 aromatic heterocycles. The van der Waals surface area contributed by atoms with Crippen LogP contribution in [0.5, 0.6) is 0 Å². The second-order valence-corrected chi connectivity index (χ2v) is 15.3. The number of para-hydroxylation sites is 1. The fourth-order valence-electron chi connectivity index (χ4n) is 5.51. The van der Waals surface area contributed by atoms with E-state index in [0.29, 0.717) is 5.69 Å². The maximum atomic E-state index is 14.1. The third kappa shape index (κ3) is 10.8. The minimum absolute atomic E-state index is 0.129. The molecule has 0 spiro atoms. The van der Waals surface area contributed by atoms with Gasteiger partial charge in [-0.3, -0.25) is 23.8 Å². The van der Waals surface area contributed by atoms with Gasteiger partial charge in [-0.1, -0.05) is 79.0 Å². The van der Waals surface area contributed by atoms with Gasteiger partial charge in [0.25, 0.3) is 5.91 Å². The summed E-state index contributed by atoms with van der Waals surface area (Å²) in [5.74, 6) is -1.99. The van der Waals surface area contributed by atoms with Crippen molar-refractivity contribution in [1.82, 2.24) is 10.6 Å². The molecule has 10 nitrogen and oxygen atoms in total. The van der Waals surface area contributed by atoms with Crippen molar-refractivity contribution >= 4 is 30.8 Å². The minimum Gasteiger partial charge on any atom is -0.391 e. The monoisotopic (exact) mass is 608 g/mol. The van der Waals surface area contributed by atoms with Crippen LogP contribution in [0.4, 0.5) is 5.69 Å². The molecule has 1 saturated carbocycles. The highest BCUT2D eigenvalue weighted by atomic mass is 31.2. The van der Waals surface area contributed by atoms with Gasteiger partial charge in [0, 0.05) is 18.4 Å². The molecule has 0 heterocycles. The summed E-state index contributed by atoms with van der Waals surface area (Å²) in [7, 11) is -3.57. The summed E-state index contributed by atoms with van der Waals surface area (Å²) in [5, 5.41) is 16.1. The molecule has 11 heteroatoms. The summed E-state index contributed by atoms with van der Waals surface area (Å²) in [6.45, 7) is 10.7. The van der Waals surface area contributed by atoms with Crippen LogP contribution in [0.3, 0.4) is 0 Å². The van der Waals surface area contributed by atoms with Crippen LogP contribution in [-0.4, -0.2) is 70.8 Å². The summed E-state index contributed by atoms with van der Waals surface area (Å²) in [5.41, 5.74) is 6.54. The van der Waals surface area contributed by atoms with Gasteiger partial charge < -0.3 is 26.4 Å². The van der Waals surface area contributed by atoms with E-state index in [1.807, 2.05) is 41.5 Å². The number of benzene rings is 1. The van der Waals surface area contributed by atoms with E-state index < -0.39 is 49.3 Å². The van der Waals surface area contributed by atoms with Gasteiger partial charge in [0.05, 0.1) is 18.3 Å². The maximum Gasteiger partial charge on any atom is 0.250 e. The lowest BCUT2D eigenvalue weighted by atomic mass is 9.91. The SMILES string of the molecule is CC(C)[C@H](N)C(=O)N[C@H](C(=O)N(c1ccccc1)[C@H](C(=O)NC[C@H](O)CP(=O)(O)CC1CCCCC1)C(C)C)C(C)C. The lowest BCUT2D eigenvalue weighted by Gasteiger charge is -2.37. The average Bonchev–Trinajstić information content (AvgIpc) is 2.92. The van der Waals surface area contributed by atoms with Crippen molar-refractivity contribution < 1.29 is 28.9 Å². The van der Waals surface area contributed by atoms with Crippen molar-refractivity contribution in [1.29, 1.82) is 0 Å². The number of carbonyl (C=O) groups is 3. The van der Waals surface area contributed by atoms with Crippen molar-refractivity contribution in [2.75, 3.05) is 23.8 Å². The summed E-state index contributed by atoms with van der Waals surface area (Å²) >= 11 is 0. The summed E-state index contributed by atoms with van der Waals surface area (Å²) < 4.78 is 12.9. The summed E-state index contributed by atoms with van der Waals surface area (Å²) in [4.78, 5) is 52.6. The van der Waals surface area contributed by atoms with Crippen molar-refractivity contribution in [3.05, 3.63) is 30.3 Å². The molecule has 1 unspecified atom stereocenters. The first-order valence-electron chi connectivity index (χ1n) is 15.3. The maximum absolute atomic E-state index is 14.1. The van der Waals surface area contributed by atoms with E-state index in [0.717, 1.165) is 32.1 Å². The Kier molecular flexibility index (Phi) is 14.2. The standard InChI is InChI=1S/C31H53N4O6P/c1-20(2)26(32)29(37)34-27(21(3)4)31(39)35(24-15-11-8-12-16-24)28(22(5)6)30(38)33-17-25(36)19-42(40,41)18-23-13-9-7-10-14-23/h8,11-12,15-16,20-23,25-28,36H,7,9-10,13-14,17-19,32H2,1-6H3,(H,33,38)(H,34,37)(H,40,41)/t25-,26-,27-,28-/m0/s1. The van der Waals surface area contributed by atoms with Crippen LogP contribution < -0.4 is 21.3 Å². The van der Waals surface area contributed by atoms with E-state index >= 15 is 0 Å². The van der Waals surface area contributed by atoms with E-state index in [-0.39, 0.29) is 42.5 Å². The zero-order valence-corrected chi connectivity index (χ0v) is 27.1. The topological polar surface area (TPSA) is 162 Å². The van der Waals surface area contributed by atoms with Crippen LogP contribution in [0.25, 0.3) is 0 Å². The third-order valence-electron chi connectivity index (χ3n) is 7.98. The molecule has 1 aromatic carbocycles. The zero-order valence-electron chi connectivity index (χ0n) is 26.2. The number of hydrogen-bond acceptors (Lipinski definition) is 6. The minimum atomic E-state index is -3.57. The molecule has 6 N–H and O–H groups in total. The molecule has 0 bridgehead atoms. The van der Waals surface area contributed by atoms with Gasteiger partial charge >= 0.3 is 0 Å². The van der Waals surface area contributed by atoms with Gasteiger partial charge in [-0.05, 0) is 48.6 Å². The number of nitrogens with zero attached hydrogens (tertiary/aromatic N) is 1. The molecular weight excluding hydrogens is 555 g/mol. The van der Waals surface area contributed by atoms with Gasteiger partial charge in [0.2, 0.25) is 19.2 Å². The largest absolute Gasteiger partial charge is 0.391 e. The number of aliphatic hydroxyl groups excluding tert-OH is 1. The van der Waals surface area contributed by atoms with Crippen LogP contribution in [0.1, 0.15) is 73.6 Å². The van der Waals surface area contributed by atoms with E-state index in [4.69, 9.17) is 5.73 Å². The number of nitrogens with one attached hydrogen (secondary N) is 2. The van der Waals surface area contributed by atoms with Gasteiger partial charge in [0.15, 0.2) is 0 Å². The molecule has 42 heavy (non-hydrogen) atoms. The normalized spacial score (nSPS) is 18.7. The molecular formula is C31H53N4O6P. The number of carbonyl (C=O) groups excluding carboxylic acids is 3. The highest BCUT2D eigenvalue weighted by Crippen LogP contribution is 2.45. The van der Waals surface area contributed by atoms with Gasteiger partial charge in [0.1, 0.15) is 12.1 Å². The van der Waals surface area contributed by atoms with Crippen LogP contribution >= 0.6 is 7.37 Å². The summed E-state index contributed by atoms with van der Waals surface area (Å²) in [6.07, 6.45) is 3.81. The Hall–Kier alpha value is -2.26. The number of rotatable bonds is 15. The van der Waals surface area contributed by atoms with Crippen LogP contribution in [-0.2, 0) is 18.9 Å². The van der Waals surface area contributed by atoms with E-state index in [1.165, 1.54) is 4.90 Å². The molecule has 0 saturated heterocycles. The predicted octanol–water partition coefficient (Wildman–Crippen LogP) is 3.50. The first-order chi connectivity index (χ1) is 19.6. The molecule has 2 rings (SSSR count). The van der Waals surface area contributed by atoms with Crippen molar-refractivity contribution in [2.24, 2.45) is 29.4 Å². The Morgan fingerprint density at radius 2 is 1.55 bits per heavy atom. The Balaban J connectivity index is 2.24. The zero-order chi connectivity index (χ0) is 31.6. The Morgan fingerprint density at radius 3 is 2.07 bits per heavy atom. The van der Waals surface area contributed by atoms with E-state index in [2.05, 4.69) is 10.6 Å². The number of amides is 3. The smallest absolute Gasteiger partial charge is 0.250 e. The molecule has 1 fully saturated rings. The Morgan fingerprint density at radius 1 is 0.952 bits per heavy atom. The fraction of sp³-hybridized carbons (Fsp3) is 0.710. The number of aliphatic hydroxyl groups is 1. The van der Waals surface area contributed by atoms with Crippen LogP contribution in [0.2, 0.25) is 0 Å². The van der Waals surface area contributed by atoms with Crippen molar-refractivity contribution in [2.45, 2.75) is 97.9 Å².